The number of benzene rings is 2. The highest BCUT2D eigenvalue weighted by molar-refractivity contribution is 6.32. The minimum absolute atomic E-state index is 0.0123. The van der Waals surface area contributed by atoms with Gasteiger partial charge in [-0.3, -0.25) is 4.79 Å². The maximum atomic E-state index is 14.1. The van der Waals surface area contributed by atoms with Gasteiger partial charge in [0, 0.05) is 0 Å². The molecule has 32 heavy (non-hydrogen) atoms. The van der Waals surface area contributed by atoms with Crippen molar-refractivity contribution in [3.63, 3.8) is 0 Å². The Bertz CT molecular complexity index is 1180. The van der Waals surface area contributed by atoms with Gasteiger partial charge in [-0.1, -0.05) is 6.07 Å². The number of hydrogen-bond acceptors (Lipinski definition) is 5. The highest BCUT2D eigenvalue weighted by Crippen LogP contribution is 2.35. The molecule has 0 fully saturated rings. The molecule has 6 nitrogen and oxygen atoms in total. The Hall–Kier alpha value is -3.94. The van der Waals surface area contributed by atoms with Gasteiger partial charge >= 0.3 is 0 Å². The summed E-state index contributed by atoms with van der Waals surface area (Å²) in [5.41, 5.74) is -1.22. The van der Waals surface area contributed by atoms with Crippen LogP contribution in [-0.2, 0) is 4.79 Å². The van der Waals surface area contributed by atoms with Crippen molar-refractivity contribution in [2.45, 2.75) is 13.8 Å². The van der Waals surface area contributed by atoms with Crippen molar-refractivity contribution in [3.8, 4) is 17.6 Å². The quantitative estimate of drug-likeness (QED) is 0.281. The predicted octanol–water partition coefficient (Wildman–Crippen LogP) is 4.49. The molecule has 2 aromatic rings. The SMILES string of the molecule is CCOc1cc(/C=C2/C(=O)N(c3c(F)c(F)c(F)c(F)c3F)N=C2C)ccc1OCC#N. The van der Waals surface area contributed by atoms with Gasteiger partial charge in [-0.05, 0) is 37.6 Å². The molecule has 3 rings (SSSR count). The zero-order valence-electron chi connectivity index (χ0n) is 16.7. The van der Waals surface area contributed by atoms with Gasteiger partial charge in [0.2, 0.25) is 5.82 Å². The number of carbonyl (C=O) groups excluding carboxylic acids is 1. The zero-order chi connectivity index (χ0) is 23.6. The van der Waals surface area contributed by atoms with Gasteiger partial charge in [0.15, 0.2) is 41.4 Å². The Labute approximate surface area is 178 Å². The summed E-state index contributed by atoms with van der Waals surface area (Å²) >= 11 is 0. The lowest BCUT2D eigenvalue weighted by atomic mass is 10.1. The highest BCUT2D eigenvalue weighted by atomic mass is 19.2. The normalized spacial score (nSPS) is 14.6. The standard InChI is InChI=1S/C21H14F5N3O3/c1-3-31-14-9-11(4-5-13(14)32-7-6-27)8-12-10(2)28-29(21(12)30)20-18(25)16(23)15(22)17(24)19(20)26/h4-5,8-9H,3,7H2,1-2H3/b12-8+. The Morgan fingerprint density at radius 1 is 1.03 bits per heavy atom. The minimum Gasteiger partial charge on any atom is -0.490 e. The summed E-state index contributed by atoms with van der Waals surface area (Å²) in [4.78, 5) is 12.7. The summed E-state index contributed by atoms with van der Waals surface area (Å²) in [5.74, 6) is -11.6. The molecule has 0 bridgehead atoms. The Kier molecular flexibility index (Phi) is 6.43. The van der Waals surface area contributed by atoms with E-state index in [1.54, 1.807) is 6.92 Å². The lowest BCUT2D eigenvalue weighted by Crippen LogP contribution is -2.25. The number of hydrogen-bond donors (Lipinski definition) is 0. The van der Waals surface area contributed by atoms with E-state index < -0.39 is 40.7 Å². The lowest BCUT2D eigenvalue weighted by molar-refractivity contribution is -0.114. The molecule has 166 valence electrons. The summed E-state index contributed by atoms with van der Waals surface area (Å²) in [6.45, 7) is 3.11. The number of halogens is 5. The van der Waals surface area contributed by atoms with Crippen LogP contribution in [0.1, 0.15) is 19.4 Å². The molecule has 0 aromatic heterocycles. The summed E-state index contributed by atoms with van der Waals surface area (Å²) in [5, 5.41) is 12.5. The molecule has 0 saturated heterocycles. The van der Waals surface area contributed by atoms with Gasteiger partial charge in [-0.15, -0.1) is 0 Å². The van der Waals surface area contributed by atoms with Gasteiger partial charge in [-0.25, -0.2) is 22.0 Å². The molecule has 0 aliphatic carbocycles. The second kappa shape index (κ2) is 9.05. The Morgan fingerprint density at radius 2 is 1.66 bits per heavy atom. The first-order valence-corrected chi connectivity index (χ1v) is 9.11. The lowest BCUT2D eigenvalue weighted by Gasteiger charge is -2.15. The number of anilines is 1. The summed E-state index contributed by atoms with van der Waals surface area (Å²) < 4.78 is 79.4. The van der Waals surface area contributed by atoms with Crippen molar-refractivity contribution in [2.24, 2.45) is 5.10 Å². The number of rotatable bonds is 6. The molecular formula is C21H14F5N3O3. The van der Waals surface area contributed by atoms with Crippen LogP contribution in [0.25, 0.3) is 6.08 Å². The first kappa shape index (κ1) is 22.7. The van der Waals surface area contributed by atoms with Crippen molar-refractivity contribution in [1.29, 1.82) is 5.26 Å². The second-order valence-corrected chi connectivity index (χ2v) is 6.36. The monoisotopic (exact) mass is 451 g/mol. The van der Waals surface area contributed by atoms with Crippen molar-refractivity contribution in [1.82, 2.24) is 0 Å². The summed E-state index contributed by atoms with van der Waals surface area (Å²) in [6, 6.07) is 6.31. The smallest absolute Gasteiger partial charge is 0.280 e. The van der Waals surface area contributed by atoms with Crippen LogP contribution in [0.5, 0.6) is 11.5 Å². The molecule has 2 aromatic carbocycles. The van der Waals surface area contributed by atoms with E-state index in [4.69, 9.17) is 14.7 Å². The van der Waals surface area contributed by atoms with Gasteiger partial charge in [0.05, 0.1) is 17.9 Å². The highest BCUT2D eigenvalue weighted by Gasteiger charge is 2.37. The average molecular weight is 451 g/mol. The molecule has 0 spiro atoms. The molecule has 1 amide bonds. The van der Waals surface area contributed by atoms with Crippen LogP contribution < -0.4 is 14.5 Å². The predicted molar refractivity (Wildman–Crippen MR) is 104 cm³/mol. The average Bonchev–Trinajstić information content (AvgIpc) is 3.04. The van der Waals surface area contributed by atoms with E-state index in [-0.39, 0.29) is 41.0 Å². The molecule has 0 radical (unpaired) electrons. The number of ether oxygens (including phenoxy) is 2. The van der Waals surface area contributed by atoms with Crippen molar-refractivity contribution >= 4 is 23.4 Å². The number of nitrogens with zero attached hydrogens (tertiary/aromatic N) is 3. The second-order valence-electron chi connectivity index (χ2n) is 6.36. The van der Waals surface area contributed by atoms with E-state index in [1.165, 1.54) is 31.2 Å². The van der Waals surface area contributed by atoms with Crippen molar-refractivity contribution in [2.75, 3.05) is 18.2 Å². The fourth-order valence-electron chi connectivity index (χ4n) is 2.89. The van der Waals surface area contributed by atoms with Crippen molar-refractivity contribution in [3.05, 3.63) is 58.4 Å². The molecule has 0 N–H and O–H groups in total. The van der Waals surface area contributed by atoms with E-state index >= 15 is 0 Å². The van der Waals surface area contributed by atoms with E-state index in [1.807, 2.05) is 6.07 Å². The van der Waals surface area contributed by atoms with E-state index in [0.717, 1.165) is 0 Å². The maximum Gasteiger partial charge on any atom is 0.280 e. The van der Waals surface area contributed by atoms with Crippen LogP contribution in [0, 0.1) is 40.4 Å². The summed E-state index contributed by atoms with van der Waals surface area (Å²) in [6.07, 6.45) is 1.31. The van der Waals surface area contributed by atoms with Gasteiger partial charge < -0.3 is 9.47 Å². The molecule has 0 unspecified atom stereocenters. The fraction of sp³-hybridized carbons (Fsp3) is 0.190. The molecule has 11 heteroatoms. The number of amides is 1. The molecule has 1 heterocycles. The fourth-order valence-corrected chi connectivity index (χ4v) is 2.89. The van der Waals surface area contributed by atoms with Crippen LogP contribution in [0.3, 0.4) is 0 Å². The largest absolute Gasteiger partial charge is 0.490 e. The number of carbonyl (C=O) groups is 1. The molecule has 1 aliphatic rings. The molecule has 0 atom stereocenters. The third-order valence-electron chi connectivity index (χ3n) is 4.33. The topological polar surface area (TPSA) is 74.9 Å². The Morgan fingerprint density at radius 3 is 2.25 bits per heavy atom. The van der Waals surface area contributed by atoms with Crippen LogP contribution in [0.15, 0.2) is 28.9 Å². The first-order valence-electron chi connectivity index (χ1n) is 9.11. The minimum atomic E-state index is -2.34. The van der Waals surface area contributed by atoms with Crippen LogP contribution in [-0.4, -0.2) is 24.8 Å². The Balaban J connectivity index is 2.01. The maximum absolute atomic E-state index is 14.1. The van der Waals surface area contributed by atoms with Crippen LogP contribution in [0.2, 0.25) is 0 Å². The molecule has 1 aliphatic heterocycles. The number of nitriles is 1. The van der Waals surface area contributed by atoms with Gasteiger partial charge in [-0.2, -0.15) is 15.4 Å². The van der Waals surface area contributed by atoms with E-state index in [2.05, 4.69) is 5.10 Å². The van der Waals surface area contributed by atoms with Gasteiger partial charge in [0.25, 0.3) is 5.91 Å². The van der Waals surface area contributed by atoms with E-state index in [0.29, 0.717) is 5.56 Å². The van der Waals surface area contributed by atoms with Crippen molar-refractivity contribution < 1.29 is 36.2 Å². The van der Waals surface area contributed by atoms with E-state index in [9.17, 15) is 26.7 Å². The molecule has 0 saturated carbocycles. The third-order valence-corrected chi connectivity index (χ3v) is 4.33. The third kappa shape index (κ3) is 3.99. The molecular weight excluding hydrogens is 437 g/mol. The zero-order valence-corrected chi connectivity index (χ0v) is 16.7. The first-order chi connectivity index (χ1) is 15.2. The van der Waals surface area contributed by atoms with Crippen LogP contribution >= 0.6 is 0 Å². The van der Waals surface area contributed by atoms with Crippen LogP contribution in [0.4, 0.5) is 27.6 Å². The number of hydrazone groups is 1. The van der Waals surface area contributed by atoms with Gasteiger partial charge in [0.1, 0.15) is 11.8 Å². The summed E-state index contributed by atoms with van der Waals surface area (Å²) in [7, 11) is 0.